The summed E-state index contributed by atoms with van der Waals surface area (Å²) < 4.78 is 1.67. The van der Waals surface area contributed by atoms with E-state index in [9.17, 15) is 4.79 Å². The molecule has 0 spiro atoms. The Balaban J connectivity index is 1.20. The fraction of sp³-hybridized carbons (Fsp3) is 0.292. The predicted molar refractivity (Wildman–Crippen MR) is 132 cm³/mol. The summed E-state index contributed by atoms with van der Waals surface area (Å²) in [6.07, 6.45) is 3.82. The highest BCUT2D eigenvalue weighted by molar-refractivity contribution is 6.33. The Morgan fingerprint density at radius 3 is 2.68 bits per heavy atom. The molecule has 0 radical (unpaired) electrons. The number of pyridine rings is 1. The van der Waals surface area contributed by atoms with Gasteiger partial charge in [-0.1, -0.05) is 23.7 Å². The minimum Gasteiger partial charge on any atom is -0.369 e. The molecule has 1 aromatic carbocycles. The standard InChI is InChI=1S/C24H25ClN8O/c1-17-15-21(33-24(28-17)29-23(30-33)18-5-4-9-26-16-18)27-10-8-22(34)32-13-11-31(12-14-32)20-7-3-2-6-19(20)25/h2-7,9,15-16,27H,8,10-14H2,1H3. The van der Waals surface area contributed by atoms with Crippen LogP contribution in [0.3, 0.4) is 0 Å². The molecule has 1 fully saturated rings. The molecule has 1 aliphatic rings. The molecule has 174 valence electrons. The van der Waals surface area contributed by atoms with E-state index in [-0.39, 0.29) is 5.91 Å². The van der Waals surface area contributed by atoms with Crippen molar-refractivity contribution in [2.75, 3.05) is 42.9 Å². The summed E-state index contributed by atoms with van der Waals surface area (Å²) in [5, 5.41) is 8.66. The highest BCUT2D eigenvalue weighted by atomic mass is 35.5. The number of para-hydroxylation sites is 1. The maximum Gasteiger partial charge on any atom is 0.254 e. The molecule has 0 aliphatic carbocycles. The minimum absolute atomic E-state index is 0.128. The highest BCUT2D eigenvalue weighted by Gasteiger charge is 2.22. The van der Waals surface area contributed by atoms with Gasteiger partial charge >= 0.3 is 0 Å². The second-order valence-electron chi connectivity index (χ2n) is 8.17. The number of anilines is 2. The first-order chi connectivity index (χ1) is 16.6. The quantitative estimate of drug-likeness (QED) is 0.456. The maximum absolute atomic E-state index is 12.8. The lowest BCUT2D eigenvalue weighted by atomic mass is 10.2. The molecular weight excluding hydrogens is 452 g/mol. The lowest BCUT2D eigenvalue weighted by molar-refractivity contribution is -0.131. The molecule has 1 N–H and O–H groups in total. The van der Waals surface area contributed by atoms with Crippen LogP contribution in [-0.2, 0) is 4.79 Å². The monoisotopic (exact) mass is 476 g/mol. The van der Waals surface area contributed by atoms with Gasteiger partial charge in [-0.25, -0.2) is 4.98 Å². The van der Waals surface area contributed by atoms with E-state index in [1.54, 1.807) is 16.9 Å². The number of piperazine rings is 1. The molecule has 0 atom stereocenters. The molecule has 10 heteroatoms. The second-order valence-corrected chi connectivity index (χ2v) is 8.57. The molecule has 1 saturated heterocycles. The average Bonchev–Trinajstić information content (AvgIpc) is 3.29. The van der Waals surface area contributed by atoms with Crippen LogP contribution in [0.5, 0.6) is 0 Å². The number of aryl methyl sites for hydroxylation is 1. The van der Waals surface area contributed by atoms with Gasteiger partial charge in [-0.05, 0) is 31.2 Å². The van der Waals surface area contributed by atoms with E-state index in [4.69, 9.17) is 11.6 Å². The molecule has 0 unspecified atom stereocenters. The van der Waals surface area contributed by atoms with Crippen molar-refractivity contribution in [2.45, 2.75) is 13.3 Å². The number of amides is 1. The van der Waals surface area contributed by atoms with Crippen LogP contribution >= 0.6 is 11.6 Å². The third-order valence-electron chi connectivity index (χ3n) is 5.83. The predicted octanol–water partition coefficient (Wildman–Crippen LogP) is 3.30. The van der Waals surface area contributed by atoms with Crippen molar-refractivity contribution in [3.8, 4) is 11.4 Å². The topological polar surface area (TPSA) is 91.6 Å². The van der Waals surface area contributed by atoms with Gasteiger partial charge in [0, 0.05) is 68.9 Å². The zero-order valence-corrected chi connectivity index (χ0v) is 19.6. The van der Waals surface area contributed by atoms with E-state index in [0.29, 0.717) is 37.7 Å². The van der Waals surface area contributed by atoms with Crippen molar-refractivity contribution in [3.05, 3.63) is 65.6 Å². The number of fused-ring (bicyclic) bond motifs is 1. The van der Waals surface area contributed by atoms with E-state index >= 15 is 0 Å². The molecule has 5 rings (SSSR count). The number of benzene rings is 1. The Morgan fingerprint density at radius 1 is 1.09 bits per heavy atom. The number of halogens is 1. The van der Waals surface area contributed by atoms with Crippen LogP contribution in [0.4, 0.5) is 11.5 Å². The number of hydrogen-bond donors (Lipinski definition) is 1. The third-order valence-corrected chi connectivity index (χ3v) is 6.15. The van der Waals surface area contributed by atoms with Gasteiger partial charge in [0.2, 0.25) is 5.91 Å². The average molecular weight is 477 g/mol. The van der Waals surface area contributed by atoms with Crippen LogP contribution in [0.2, 0.25) is 5.02 Å². The third kappa shape index (κ3) is 4.65. The molecule has 9 nitrogen and oxygen atoms in total. The van der Waals surface area contributed by atoms with Crippen LogP contribution in [0.25, 0.3) is 17.2 Å². The van der Waals surface area contributed by atoms with Gasteiger partial charge in [0.15, 0.2) is 5.82 Å². The zero-order valence-electron chi connectivity index (χ0n) is 18.9. The molecular formula is C24H25ClN8O. The van der Waals surface area contributed by atoms with E-state index < -0.39 is 0 Å². The molecule has 4 heterocycles. The Kier molecular flexibility index (Phi) is 6.27. The van der Waals surface area contributed by atoms with E-state index in [0.717, 1.165) is 40.9 Å². The SMILES string of the molecule is Cc1cc(NCCC(=O)N2CCN(c3ccccc3Cl)CC2)n2nc(-c3cccnc3)nc2n1. The lowest BCUT2D eigenvalue weighted by Gasteiger charge is -2.36. The number of carbonyl (C=O) groups excluding carboxylic acids is 1. The van der Waals surface area contributed by atoms with Gasteiger partial charge in [0.25, 0.3) is 5.78 Å². The smallest absolute Gasteiger partial charge is 0.254 e. The Morgan fingerprint density at radius 2 is 1.91 bits per heavy atom. The summed E-state index contributed by atoms with van der Waals surface area (Å²) >= 11 is 6.32. The molecule has 34 heavy (non-hydrogen) atoms. The van der Waals surface area contributed by atoms with Crippen molar-refractivity contribution in [1.29, 1.82) is 0 Å². The van der Waals surface area contributed by atoms with E-state index in [1.165, 1.54) is 0 Å². The number of nitrogens with zero attached hydrogens (tertiary/aromatic N) is 7. The van der Waals surface area contributed by atoms with Crippen molar-refractivity contribution in [3.63, 3.8) is 0 Å². The summed E-state index contributed by atoms with van der Waals surface area (Å²) in [4.78, 5) is 30.1. The first-order valence-corrected chi connectivity index (χ1v) is 11.6. The Labute approximate surface area is 202 Å². The minimum atomic E-state index is 0.128. The van der Waals surface area contributed by atoms with Crippen LogP contribution < -0.4 is 10.2 Å². The number of hydrogen-bond acceptors (Lipinski definition) is 7. The molecule has 1 amide bonds. The molecule has 1 aliphatic heterocycles. The molecule has 4 aromatic rings. The van der Waals surface area contributed by atoms with Gasteiger partial charge in [0.1, 0.15) is 5.82 Å². The number of rotatable bonds is 6. The van der Waals surface area contributed by atoms with Crippen molar-refractivity contribution < 1.29 is 4.79 Å². The molecule has 3 aromatic heterocycles. The summed E-state index contributed by atoms with van der Waals surface area (Å²) in [6.45, 7) is 5.30. The Bertz CT molecular complexity index is 1300. The van der Waals surface area contributed by atoms with Crippen molar-refractivity contribution in [2.24, 2.45) is 0 Å². The summed E-state index contributed by atoms with van der Waals surface area (Å²) in [5.74, 6) is 1.94. The van der Waals surface area contributed by atoms with Crippen molar-refractivity contribution in [1.82, 2.24) is 29.5 Å². The second kappa shape index (κ2) is 9.64. The van der Waals surface area contributed by atoms with Gasteiger partial charge in [-0.3, -0.25) is 9.78 Å². The number of nitrogens with one attached hydrogen (secondary N) is 1. The normalized spacial score (nSPS) is 13.9. The fourth-order valence-corrected chi connectivity index (χ4v) is 4.35. The number of carbonyl (C=O) groups is 1. The highest BCUT2D eigenvalue weighted by Crippen LogP contribution is 2.26. The van der Waals surface area contributed by atoms with Crippen molar-refractivity contribution >= 4 is 34.8 Å². The van der Waals surface area contributed by atoms with Gasteiger partial charge in [-0.15, -0.1) is 5.10 Å². The Hall–Kier alpha value is -3.72. The van der Waals surface area contributed by atoms with Crippen LogP contribution in [0.15, 0.2) is 54.9 Å². The van der Waals surface area contributed by atoms with Gasteiger partial charge < -0.3 is 15.1 Å². The van der Waals surface area contributed by atoms with Crippen LogP contribution in [-0.4, -0.2) is 68.1 Å². The van der Waals surface area contributed by atoms with E-state index in [1.807, 2.05) is 54.3 Å². The largest absolute Gasteiger partial charge is 0.369 e. The number of aromatic nitrogens is 5. The molecule has 0 saturated carbocycles. The maximum atomic E-state index is 12.8. The first kappa shape index (κ1) is 22.1. The summed E-state index contributed by atoms with van der Waals surface area (Å²) in [7, 11) is 0. The lowest BCUT2D eigenvalue weighted by Crippen LogP contribution is -2.49. The molecule has 0 bridgehead atoms. The van der Waals surface area contributed by atoms with Crippen LogP contribution in [0.1, 0.15) is 12.1 Å². The van der Waals surface area contributed by atoms with E-state index in [2.05, 4.69) is 30.3 Å². The van der Waals surface area contributed by atoms with Gasteiger partial charge in [0.05, 0.1) is 10.7 Å². The first-order valence-electron chi connectivity index (χ1n) is 11.2. The van der Waals surface area contributed by atoms with Crippen LogP contribution in [0, 0.1) is 6.92 Å². The summed E-state index contributed by atoms with van der Waals surface area (Å²) in [5.41, 5.74) is 2.67. The summed E-state index contributed by atoms with van der Waals surface area (Å²) in [6, 6.07) is 13.5. The zero-order chi connectivity index (χ0) is 23.5. The van der Waals surface area contributed by atoms with Gasteiger partial charge in [-0.2, -0.15) is 9.50 Å². The fourth-order valence-electron chi connectivity index (χ4n) is 4.09.